The van der Waals surface area contributed by atoms with Gasteiger partial charge in [-0.25, -0.2) is 0 Å². The van der Waals surface area contributed by atoms with E-state index in [0.717, 1.165) is 17.4 Å². The number of halogens is 2. The van der Waals surface area contributed by atoms with Crippen molar-refractivity contribution in [1.82, 2.24) is 5.32 Å². The van der Waals surface area contributed by atoms with E-state index in [2.05, 4.69) is 82.2 Å². The third-order valence-electron chi connectivity index (χ3n) is 3.16. The van der Waals surface area contributed by atoms with Crippen molar-refractivity contribution in [2.24, 2.45) is 0 Å². The molecule has 2 aromatic rings. The first-order chi connectivity index (χ1) is 9.52. The summed E-state index contributed by atoms with van der Waals surface area (Å²) in [5.41, 5.74) is 2.59. The Hall–Kier alpha value is -0.160. The van der Waals surface area contributed by atoms with Gasteiger partial charge in [-0.3, -0.25) is 0 Å². The van der Waals surface area contributed by atoms with E-state index in [1.165, 1.54) is 25.4 Å². The Kier molecular flexibility index (Phi) is 5.84. The van der Waals surface area contributed by atoms with Crippen molar-refractivity contribution in [3.8, 4) is 0 Å². The summed E-state index contributed by atoms with van der Waals surface area (Å²) in [6.07, 6.45) is 1.13. The molecule has 1 aromatic heterocycles. The molecule has 1 nitrogen and oxygen atoms in total. The molecule has 0 aliphatic carbocycles. The van der Waals surface area contributed by atoms with Crippen LogP contribution in [0.1, 0.15) is 40.3 Å². The van der Waals surface area contributed by atoms with E-state index in [1.807, 2.05) is 11.3 Å². The van der Waals surface area contributed by atoms with Crippen LogP contribution in [0.15, 0.2) is 33.2 Å². The average Bonchev–Trinajstić information content (AvgIpc) is 2.73. The van der Waals surface area contributed by atoms with E-state index >= 15 is 0 Å². The van der Waals surface area contributed by atoms with Gasteiger partial charge in [0, 0.05) is 18.7 Å². The quantitative estimate of drug-likeness (QED) is 0.632. The maximum absolute atomic E-state index is 3.71. The van der Waals surface area contributed by atoms with Crippen molar-refractivity contribution in [2.45, 2.75) is 33.2 Å². The highest BCUT2D eigenvalue weighted by atomic mass is 79.9. The first kappa shape index (κ1) is 16.2. The molecule has 0 spiro atoms. The highest BCUT2D eigenvalue weighted by Gasteiger charge is 2.20. The molecular weight excluding hydrogens is 398 g/mol. The Balaban J connectivity index is 2.46. The molecular formula is C16H19Br2NS. The van der Waals surface area contributed by atoms with Crippen LogP contribution >= 0.6 is 43.2 Å². The fourth-order valence-corrected chi connectivity index (χ4v) is 4.67. The lowest BCUT2D eigenvalue weighted by atomic mass is 10.0. The average molecular weight is 417 g/mol. The van der Waals surface area contributed by atoms with E-state index in [4.69, 9.17) is 0 Å². The molecule has 0 saturated carbocycles. The van der Waals surface area contributed by atoms with E-state index < -0.39 is 0 Å². The number of aryl methyl sites for hydroxylation is 2. The van der Waals surface area contributed by atoms with Crippen LogP contribution in [0.5, 0.6) is 0 Å². The number of thiophene rings is 1. The monoisotopic (exact) mass is 415 g/mol. The van der Waals surface area contributed by atoms with Gasteiger partial charge in [0.15, 0.2) is 0 Å². The normalized spacial score (nSPS) is 12.7. The first-order valence-electron chi connectivity index (χ1n) is 6.78. The topological polar surface area (TPSA) is 12.0 Å². The first-order valence-corrected chi connectivity index (χ1v) is 9.18. The Morgan fingerprint density at radius 3 is 2.50 bits per heavy atom. The second kappa shape index (κ2) is 7.21. The van der Waals surface area contributed by atoms with Gasteiger partial charge in [0.05, 0.1) is 6.04 Å². The fourth-order valence-electron chi connectivity index (χ4n) is 2.22. The molecule has 0 bridgehead atoms. The van der Waals surface area contributed by atoms with E-state index in [1.54, 1.807) is 0 Å². The molecule has 0 amide bonds. The second-order valence-electron chi connectivity index (χ2n) is 4.98. The third kappa shape index (κ3) is 3.73. The zero-order chi connectivity index (χ0) is 14.7. The molecule has 1 N–H and O–H groups in total. The highest BCUT2D eigenvalue weighted by molar-refractivity contribution is 9.10. The minimum absolute atomic E-state index is 0.234. The molecule has 0 radical (unpaired) electrons. The SMILES string of the molecule is CCCNC(c1cc(C)ccc1Br)c1sc(C)cc1Br. The van der Waals surface area contributed by atoms with Gasteiger partial charge < -0.3 is 5.32 Å². The zero-order valence-electron chi connectivity index (χ0n) is 12.0. The van der Waals surface area contributed by atoms with Crippen LogP contribution in [0.4, 0.5) is 0 Å². The van der Waals surface area contributed by atoms with Gasteiger partial charge in [0.1, 0.15) is 0 Å². The van der Waals surface area contributed by atoms with Crippen molar-refractivity contribution in [3.63, 3.8) is 0 Å². The summed E-state index contributed by atoms with van der Waals surface area (Å²) in [5, 5.41) is 3.67. The smallest absolute Gasteiger partial charge is 0.0693 e. The minimum Gasteiger partial charge on any atom is -0.306 e. The lowest BCUT2D eigenvalue weighted by Crippen LogP contribution is -2.23. The van der Waals surface area contributed by atoms with Crippen molar-refractivity contribution in [2.75, 3.05) is 6.54 Å². The molecule has 1 aromatic carbocycles. The highest BCUT2D eigenvalue weighted by Crippen LogP contribution is 2.38. The lowest BCUT2D eigenvalue weighted by molar-refractivity contribution is 0.602. The van der Waals surface area contributed by atoms with Gasteiger partial charge >= 0.3 is 0 Å². The van der Waals surface area contributed by atoms with Gasteiger partial charge in [-0.05, 0) is 60.4 Å². The maximum atomic E-state index is 3.71. The molecule has 2 rings (SSSR count). The molecule has 1 heterocycles. The van der Waals surface area contributed by atoms with Crippen molar-refractivity contribution < 1.29 is 0 Å². The van der Waals surface area contributed by atoms with E-state index in [-0.39, 0.29) is 6.04 Å². The van der Waals surface area contributed by atoms with Crippen LogP contribution in [0.2, 0.25) is 0 Å². The van der Waals surface area contributed by atoms with Gasteiger partial charge in [-0.15, -0.1) is 11.3 Å². The predicted molar refractivity (Wildman–Crippen MR) is 95.8 cm³/mol. The molecule has 20 heavy (non-hydrogen) atoms. The van der Waals surface area contributed by atoms with Crippen molar-refractivity contribution in [3.05, 3.63) is 54.1 Å². The second-order valence-corrected chi connectivity index (χ2v) is 7.98. The molecule has 0 fully saturated rings. The summed E-state index contributed by atoms with van der Waals surface area (Å²) in [4.78, 5) is 2.68. The minimum atomic E-state index is 0.234. The third-order valence-corrected chi connectivity index (χ3v) is 5.92. The van der Waals surface area contributed by atoms with Crippen LogP contribution in [-0.4, -0.2) is 6.54 Å². The van der Waals surface area contributed by atoms with E-state index in [0.29, 0.717) is 0 Å². The molecule has 0 aliphatic heterocycles. The maximum Gasteiger partial charge on any atom is 0.0693 e. The van der Waals surface area contributed by atoms with Crippen molar-refractivity contribution in [1.29, 1.82) is 0 Å². The van der Waals surface area contributed by atoms with Gasteiger partial charge in [0.25, 0.3) is 0 Å². The fraction of sp³-hybridized carbons (Fsp3) is 0.375. The van der Waals surface area contributed by atoms with Crippen LogP contribution in [0, 0.1) is 13.8 Å². The summed E-state index contributed by atoms with van der Waals surface area (Å²) < 4.78 is 2.36. The summed E-state index contributed by atoms with van der Waals surface area (Å²) >= 11 is 9.26. The van der Waals surface area contributed by atoms with Crippen LogP contribution in [0.3, 0.4) is 0 Å². The molecule has 0 saturated heterocycles. The number of benzene rings is 1. The standard InChI is InChI=1S/C16H19Br2NS/c1-4-7-19-15(16-14(18)9-11(3)20-16)12-8-10(2)5-6-13(12)17/h5-6,8-9,15,19H,4,7H2,1-3H3. The number of hydrogen-bond acceptors (Lipinski definition) is 2. The Bertz CT molecular complexity index is 592. The van der Waals surface area contributed by atoms with Crippen LogP contribution in [-0.2, 0) is 0 Å². The van der Waals surface area contributed by atoms with Gasteiger partial charge in [-0.2, -0.15) is 0 Å². The Morgan fingerprint density at radius 1 is 1.15 bits per heavy atom. The van der Waals surface area contributed by atoms with Crippen LogP contribution < -0.4 is 5.32 Å². The predicted octanol–water partition coefficient (Wildman–Crippen LogP) is 5.98. The molecule has 1 atom stereocenters. The van der Waals surface area contributed by atoms with E-state index in [9.17, 15) is 0 Å². The van der Waals surface area contributed by atoms with Crippen LogP contribution in [0.25, 0.3) is 0 Å². The Labute approximate surface area is 142 Å². The number of hydrogen-bond donors (Lipinski definition) is 1. The molecule has 108 valence electrons. The van der Waals surface area contributed by atoms with Gasteiger partial charge in [-0.1, -0.05) is 40.5 Å². The summed E-state index contributed by atoms with van der Waals surface area (Å²) in [6.45, 7) is 7.50. The largest absolute Gasteiger partial charge is 0.306 e. The number of rotatable bonds is 5. The zero-order valence-corrected chi connectivity index (χ0v) is 16.0. The Morgan fingerprint density at radius 2 is 1.90 bits per heavy atom. The summed E-state index contributed by atoms with van der Waals surface area (Å²) in [5.74, 6) is 0. The summed E-state index contributed by atoms with van der Waals surface area (Å²) in [7, 11) is 0. The van der Waals surface area contributed by atoms with Crippen molar-refractivity contribution >= 4 is 43.2 Å². The lowest BCUT2D eigenvalue weighted by Gasteiger charge is -2.20. The molecule has 4 heteroatoms. The summed E-state index contributed by atoms with van der Waals surface area (Å²) in [6, 6.07) is 8.97. The van der Waals surface area contributed by atoms with Gasteiger partial charge in [0.2, 0.25) is 0 Å². The molecule has 1 unspecified atom stereocenters. The number of nitrogens with one attached hydrogen (secondary N) is 1. The molecule has 0 aliphatic rings.